The zero-order valence-electron chi connectivity index (χ0n) is 14.3. The van der Waals surface area contributed by atoms with Crippen molar-refractivity contribution in [1.29, 1.82) is 0 Å². The van der Waals surface area contributed by atoms with Crippen molar-refractivity contribution in [3.63, 3.8) is 0 Å². The second-order valence-electron chi connectivity index (χ2n) is 6.42. The monoisotopic (exact) mass is 336 g/mol. The summed E-state index contributed by atoms with van der Waals surface area (Å²) in [6, 6.07) is 8.23. The van der Waals surface area contributed by atoms with Gasteiger partial charge in [-0.1, -0.05) is 32.0 Å². The molecule has 0 spiro atoms. The van der Waals surface area contributed by atoms with Gasteiger partial charge in [-0.05, 0) is 18.4 Å². The van der Waals surface area contributed by atoms with E-state index in [1.165, 1.54) is 0 Å². The SMILES string of the molecule is COc1ccccc1C(CC(C)C)NC(=O)CC1CSCCN1. The molecule has 2 rings (SSSR count). The summed E-state index contributed by atoms with van der Waals surface area (Å²) in [4.78, 5) is 12.5. The van der Waals surface area contributed by atoms with Crippen molar-refractivity contribution < 1.29 is 9.53 Å². The van der Waals surface area contributed by atoms with Gasteiger partial charge >= 0.3 is 0 Å². The van der Waals surface area contributed by atoms with Crippen LogP contribution < -0.4 is 15.4 Å². The number of hydrogen-bond acceptors (Lipinski definition) is 4. The van der Waals surface area contributed by atoms with Crippen LogP contribution in [0.2, 0.25) is 0 Å². The van der Waals surface area contributed by atoms with Crippen LogP contribution in [0.25, 0.3) is 0 Å². The van der Waals surface area contributed by atoms with Crippen molar-refractivity contribution in [2.24, 2.45) is 5.92 Å². The molecule has 0 bridgehead atoms. The zero-order chi connectivity index (χ0) is 16.7. The van der Waals surface area contributed by atoms with Crippen LogP contribution in [0.5, 0.6) is 5.75 Å². The Morgan fingerprint density at radius 3 is 2.87 bits per heavy atom. The van der Waals surface area contributed by atoms with Crippen LogP contribution in [-0.4, -0.2) is 37.1 Å². The summed E-state index contributed by atoms with van der Waals surface area (Å²) in [7, 11) is 1.68. The number of para-hydroxylation sites is 1. The van der Waals surface area contributed by atoms with Crippen molar-refractivity contribution in [2.75, 3.05) is 25.2 Å². The first-order valence-corrected chi connectivity index (χ1v) is 9.49. The first kappa shape index (κ1) is 18.1. The van der Waals surface area contributed by atoms with Crippen molar-refractivity contribution >= 4 is 17.7 Å². The number of rotatable bonds is 7. The van der Waals surface area contributed by atoms with Gasteiger partial charge in [-0.2, -0.15) is 11.8 Å². The number of carbonyl (C=O) groups excluding carboxylic acids is 1. The van der Waals surface area contributed by atoms with E-state index in [9.17, 15) is 4.79 Å². The van der Waals surface area contributed by atoms with Gasteiger partial charge in [0.2, 0.25) is 5.91 Å². The number of nitrogens with one attached hydrogen (secondary N) is 2. The number of ether oxygens (including phenoxy) is 1. The molecule has 1 aliphatic rings. The summed E-state index contributed by atoms with van der Waals surface area (Å²) < 4.78 is 5.47. The molecule has 0 saturated carbocycles. The van der Waals surface area contributed by atoms with Gasteiger partial charge < -0.3 is 15.4 Å². The Balaban J connectivity index is 2.04. The molecule has 4 nitrogen and oxygen atoms in total. The highest BCUT2D eigenvalue weighted by Crippen LogP contribution is 2.29. The number of amides is 1. The number of benzene rings is 1. The van der Waals surface area contributed by atoms with Gasteiger partial charge in [-0.3, -0.25) is 4.79 Å². The quantitative estimate of drug-likeness (QED) is 0.804. The lowest BCUT2D eigenvalue weighted by Crippen LogP contribution is -2.42. The Bertz CT molecular complexity index is 502. The van der Waals surface area contributed by atoms with Gasteiger partial charge in [-0.25, -0.2) is 0 Å². The molecule has 0 radical (unpaired) electrons. The summed E-state index contributed by atoms with van der Waals surface area (Å²) in [5.41, 5.74) is 1.06. The van der Waals surface area contributed by atoms with Crippen LogP contribution in [-0.2, 0) is 4.79 Å². The van der Waals surface area contributed by atoms with Gasteiger partial charge in [-0.15, -0.1) is 0 Å². The zero-order valence-corrected chi connectivity index (χ0v) is 15.1. The van der Waals surface area contributed by atoms with E-state index in [0.29, 0.717) is 12.3 Å². The Hall–Kier alpha value is -1.20. The second-order valence-corrected chi connectivity index (χ2v) is 7.57. The molecular formula is C18H28N2O2S. The second kappa shape index (κ2) is 9.18. The van der Waals surface area contributed by atoms with Gasteiger partial charge in [0.05, 0.1) is 13.2 Å². The van der Waals surface area contributed by atoms with E-state index < -0.39 is 0 Å². The highest BCUT2D eigenvalue weighted by atomic mass is 32.2. The smallest absolute Gasteiger partial charge is 0.222 e. The Kier molecular flexibility index (Phi) is 7.24. The van der Waals surface area contributed by atoms with Crippen LogP contribution in [0.3, 0.4) is 0 Å². The fraction of sp³-hybridized carbons (Fsp3) is 0.611. The van der Waals surface area contributed by atoms with Crippen LogP contribution in [0.1, 0.15) is 38.3 Å². The maximum atomic E-state index is 12.5. The first-order valence-electron chi connectivity index (χ1n) is 8.33. The van der Waals surface area contributed by atoms with Crippen LogP contribution in [0.4, 0.5) is 0 Å². The molecule has 1 fully saturated rings. The minimum atomic E-state index is -0.00473. The van der Waals surface area contributed by atoms with Gasteiger partial charge in [0.1, 0.15) is 5.75 Å². The molecule has 1 heterocycles. The molecule has 2 atom stereocenters. The van der Waals surface area contributed by atoms with E-state index in [-0.39, 0.29) is 18.0 Å². The van der Waals surface area contributed by atoms with Gasteiger partial charge in [0.15, 0.2) is 0 Å². The summed E-state index contributed by atoms with van der Waals surface area (Å²) in [5, 5.41) is 6.64. The molecule has 2 N–H and O–H groups in total. The average molecular weight is 337 g/mol. The van der Waals surface area contributed by atoms with Crippen LogP contribution in [0, 0.1) is 5.92 Å². The largest absolute Gasteiger partial charge is 0.496 e. The summed E-state index contributed by atoms with van der Waals surface area (Å²) in [6.07, 6.45) is 1.44. The van der Waals surface area contributed by atoms with Crippen molar-refractivity contribution in [2.45, 2.75) is 38.8 Å². The third-order valence-corrected chi connectivity index (χ3v) is 5.12. The van der Waals surface area contributed by atoms with E-state index in [0.717, 1.165) is 35.8 Å². The van der Waals surface area contributed by atoms with Crippen molar-refractivity contribution in [3.8, 4) is 5.75 Å². The summed E-state index contributed by atoms with van der Waals surface area (Å²) in [5.74, 6) is 3.59. The Morgan fingerprint density at radius 1 is 1.43 bits per heavy atom. The molecule has 23 heavy (non-hydrogen) atoms. The molecular weight excluding hydrogens is 308 g/mol. The highest BCUT2D eigenvalue weighted by molar-refractivity contribution is 7.99. The predicted molar refractivity (Wildman–Crippen MR) is 97.1 cm³/mol. The normalized spacial score (nSPS) is 19.4. The van der Waals surface area contributed by atoms with Gasteiger partial charge in [0, 0.05) is 36.1 Å². The topological polar surface area (TPSA) is 50.4 Å². The fourth-order valence-electron chi connectivity index (χ4n) is 2.92. The van der Waals surface area contributed by atoms with Gasteiger partial charge in [0.25, 0.3) is 0 Å². The maximum absolute atomic E-state index is 12.5. The van der Waals surface area contributed by atoms with Crippen LogP contribution >= 0.6 is 11.8 Å². The molecule has 1 aromatic carbocycles. The lowest BCUT2D eigenvalue weighted by atomic mass is 9.96. The fourth-order valence-corrected chi connectivity index (χ4v) is 3.87. The minimum Gasteiger partial charge on any atom is -0.496 e. The van der Waals surface area contributed by atoms with E-state index in [2.05, 4.69) is 24.5 Å². The first-order chi connectivity index (χ1) is 11.1. The number of hydrogen-bond donors (Lipinski definition) is 2. The molecule has 1 amide bonds. The average Bonchev–Trinajstić information content (AvgIpc) is 2.54. The van der Waals surface area contributed by atoms with E-state index in [4.69, 9.17) is 4.74 Å². The van der Waals surface area contributed by atoms with Crippen LogP contribution in [0.15, 0.2) is 24.3 Å². The Labute approximate surface area is 143 Å². The summed E-state index contributed by atoms with van der Waals surface area (Å²) >= 11 is 1.91. The van der Waals surface area contributed by atoms with E-state index >= 15 is 0 Å². The predicted octanol–water partition coefficient (Wildman–Crippen LogP) is 2.99. The molecule has 1 saturated heterocycles. The molecule has 2 unspecified atom stereocenters. The molecule has 128 valence electrons. The molecule has 0 aliphatic carbocycles. The lowest BCUT2D eigenvalue weighted by molar-refractivity contribution is -0.122. The summed E-state index contributed by atoms with van der Waals surface area (Å²) in [6.45, 7) is 5.34. The molecule has 1 aliphatic heterocycles. The molecule has 1 aromatic rings. The van der Waals surface area contributed by atoms with Crippen molar-refractivity contribution in [3.05, 3.63) is 29.8 Å². The minimum absolute atomic E-state index is 0.00473. The third kappa shape index (κ3) is 5.74. The molecule has 5 heteroatoms. The van der Waals surface area contributed by atoms with Crippen molar-refractivity contribution in [1.82, 2.24) is 10.6 Å². The number of carbonyl (C=O) groups is 1. The highest BCUT2D eigenvalue weighted by Gasteiger charge is 2.22. The van der Waals surface area contributed by atoms with E-state index in [1.54, 1.807) is 7.11 Å². The standard InChI is InChI=1S/C18H28N2O2S/c1-13(2)10-16(15-6-4-5-7-17(15)22-3)20-18(21)11-14-12-23-9-8-19-14/h4-7,13-14,16,19H,8-12H2,1-3H3,(H,20,21). The third-order valence-electron chi connectivity index (χ3n) is 3.99. The number of thioether (sulfide) groups is 1. The Morgan fingerprint density at radius 2 is 2.22 bits per heavy atom. The number of methoxy groups -OCH3 is 1. The lowest BCUT2D eigenvalue weighted by Gasteiger charge is -2.26. The molecule has 0 aromatic heterocycles. The van der Waals surface area contributed by atoms with E-state index in [1.807, 2.05) is 36.0 Å². The maximum Gasteiger partial charge on any atom is 0.222 e.